The van der Waals surface area contributed by atoms with E-state index in [0.717, 1.165) is 24.3 Å². The van der Waals surface area contributed by atoms with Crippen molar-refractivity contribution in [3.05, 3.63) is 16.1 Å². The van der Waals surface area contributed by atoms with Gasteiger partial charge in [0.05, 0.1) is 13.2 Å². The highest BCUT2D eigenvalue weighted by molar-refractivity contribution is 14.0. The molecule has 1 aliphatic heterocycles. The molecule has 0 unspecified atom stereocenters. The normalized spacial score (nSPS) is 15.8. The average Bonchev–Trinajstić information content (AvgIpc) is 3.02. The quantitative estimate of drug-likeness (QED) is 0.394. The molecule has 1 saturated heterocycles. The number of hydrogen-bond donors (Lipinski definition) is 2. The summed E-state index contributed by atoms with van der Waals surface area (Å²) >= 11 is 1.67. The van der Waals surface area contributed by atoms with Crippen LogP contribution in [0.15, 0.2) is 11.2 Å². The fraction of sp³-hybridized carbons (Fsp3) is 0.667. The van der Waals surface area contributed by atoms with Gasteiger partial charge in [-0.1, -0.05) is 6.92 Å². The summed E-state index contributed by atoms with van der Waals surface area (Å²) < 4.78 is 5.01. The number of piperidine rings is 1. The summed E-state index contributed by atoms with van der Waals surface area (Å²) in [5.74, 6) is 0.438. The minimum absolute atomic E-state index is 0. The lowest BCUT2D eigenvalue weighted by atomic mass is 10.1. The number of halogens is 1. The summed E-state index contributed by atoms with van der Waals surface area (Å²) in [7, 11) is 0. The van der Waals surface area contributed by atoms with Gasteiger partial charge in [-0.3, -0.25) is 0 Å². The summed E-state index contributed by atoms with van der Waals surface area (Å²) in [6, 6.07) is 0.243. The molecule has 0 spiro atoms. The highest BCUT2D eigenvalue weighted by atomic mass is 127. The van der Waals surface area contributed by atoms with Crippen LogP contribution in [0.3, 0.4) is 0 Å². The first-order valence-electron chi connectivity index (χ1n) is 8.04. The molecule has 0 bridgehead atoms. The highest BCUT2D eigenvalue weighted by Gasteiger charge is 2.23. The first-order chi connectivity index (χ1) is 11.1. The molecule has 1 aromatic rings. The predicted molar refractivity (Wildman–Crippen MR) is 107 cm³/mol. The minimum Gasteiger partial charge on any atom is -0.450 e. The Morgan fingerprint density at radius 1 is 1.50 bits per heavy atom. The van der Waals surface area contributed by atoms with Crippen molar-refractivity contribution in [3.63, 3.8) is 0 Å². The molecule has 1 amide bonds. The van der Waals surface area contributed by atoms with Crippen molar-refractivity contribution in [1.82, 2.24) is 15.2 Å². The largest absolute Gasteiger partial charge is 0.450 e. The number of aromatic nitrogens is 1. The summed E-state index contributed by atoms with van der Waals surface area (Å²) in [5.41, 5.74) is 5.94. The Bertz CT molecular complexity index is 544. The molecule has 1 aromatic heterocycles. The van der Waals surface area contributed by atoms with Gasteiger partial charge in [0.1, 0.15) is 5.01 Å². The zero-order valence-corrected chi connectivity index (χ0v) is 17.3. The van der Waals surface area contributed by atoms with E-state index in [1.54, 1.807) is 16.2 Å². The summed E-state index contributed by atoms with van der Waals surface area (Å²) in [6.45, 7) is 6.19. The lowest BCUT2D eigenvalue weighted by molar-refractivity contribution is 0.0963. The van der Waals surface area contributed by atoms with Gasteiger partial charge in [-0.2, -0.15) is 0 Å². The third kappa shape index (κ3) is 6.42. The Balaban J connectivity index is 0.00000288. The summed E-state index contributed by atoms with van der Waals surface area (Å²) in [4.78, 5) is 23.3. The number of aliphatic imine (C=N–C) groups is 1. The van der Waals surface area contributed by atoms with E-state index in [1.165, 1.54) is 4.88 Å². The second-order valence-corrected chi connectivity index (χ2v) is 6.58. The fourth-order valence-electron chi connectivity index (χ4n) is 2.41. The molecule has 7 nitrogen and oxygen atoms in total. The van der Waals surface area contributed by atoms with E-state index < -0.39 is 0 Å². The van der Waals surface area contributed by atoms with Crippen molar-refractivity contribution in [3.8, 4) is 0 Å². The number of aryl methyl sites for hydroxylation is 1. The van der Waals surface area contributed by atoms with Crippen molar-refractivity contribution in [1.29, 1.82) is 0 Å². The fourth-order valence-corrected chi connectivity index (χ4v) is 3.20. The smallest absolute Gasteiger partial charge is 0.409 e. The van der Waals surface area contributed by atoms with E-state index in [2.05, 4.69) is 22.2 Å². The van der Waals surface area contributed by atoms with Crippen LogP contribution >= 0.6 is 35.3 Å². The highest BCUT2D eigenvalue weighted by Crippen LogP contribution is 2.14. The predicted octanol–water partition coefficient (Wildman–Crippen LogP) is 2.35. The summed E-state index contributed by atoms with van der Waals surface area (Å²) in [6.07, 6.45) is 4.33. The van der Waals surface area contributed by atoms with Crippen LogP contribution in [-0.2, 0) is 17.7 Å². The number of thiazole rings is 1. The Morgan fingerprint density at radius 3 is 2.79 bits per heavy atom. The molecule has 9 heteroatoms. The number of ether oxygens (including phenoxy) is 1. The molecule has 24 heavy (non-hydrogen) atoms. The van der Waals surface area contributed by atoms with Crippen LogP contribution in [0.5, 0.6) is 0 Å². The monoisotopic (exact) mass is 467 g/mol. The second-order valence-electron chi connectivity index (χ2n) is 5.38. The number of hydrogen-bond acceptors (Lipinski definition) is 5. The van der Waals surface area contributed by atoms with Crippen LogP contribution in [-0.4, -0.2) is 47.7 Å². The van der Waals surface area contributed by atoms with Crippen LogP contribution in [0.2, 0.25) is 0 Å². The number of rotatable bonds is 5. The maximum absolute atomic E-state index is 11.6. The zero-order valence-electron chi connectivity index (χ0n) is 14.2. The molecule has 0 radical (unpaired) electrons. The van der Waals surface area contributed by atoms with Gasteiger partial charge in [0.2, 0.25) is 0 Å². The van der Waals surface area contributed by atoms with Gasteiger partial charge in [0.25, 0.3) is 0 Å². The molecule has 0 aromatic carbocycles. The van der Waals surface area contributed by atoms with Gasteiger partial charge in [-0.05, 0) is 26.2 Å². The zero-order chi connectivity index (χ0) is 16.7. The van der Waals surface area contributed by atoms with Crippen LogP contribution in [0, 0.1) is 0 Å². The van der Waals surface area contributed by atoms with Crippen molar-refractivity contribution in [2.24, 2.45) is 10.7 Å². The van der Waals surface area contributed by atoms with Gasteiger partial charge in [0, 0.05) is 30.2 Å². The molecule has 0 atom stereocenters. The lowest BCUT2D eigenvalue weighted by Gasteiger charge is -2.31. The number of carbonyl (C=O) groups is 1. The lowest BCUT2D eigenvalue weighted by Crippen LogP contribution is -2.48. The van der Waals surface area contributed by atoms with Crippen molar-refractivity contribution >= 4 is 47.4 Å². The molecule has 2 heterocycles. The molecule has 0 saturated carbocycles. The molecule has 136 valence electrons. The number of amides is 1. The Labute approximate surface area is 164 Å². The number of guanidine groups is 1. The van der Waals surface area contributed by atoms with Crippen molar-refractivity contribution in [2.75, 3.05) is 19.7 Å². The van der Waals surface area contributed by atoms with Gasteiger partial charge in [-0.15, -0.1) is 35.3 Å². The van der Waals surface area contributed by atoms with Crippen LogP contribution in [0.4, 0.5) is 4.79 Å². The van der Waals surface area contributed by atoms with E-state index in [-0.39, 0.29) is 36.1 Å². The molecule has 3 N–H and O–H groups in total. The van der Waals surface area contributed by atoms with E-state index in [1.807, 2.05) is 13.1 Å². The van der Waals surface area contributed by atoms with E-state index in [9.17, 15) is 4.79 Å². The summed E-state index contributed by atoms with van der Waals surface area (Å²) in [5, 5.41) is 4.20. The topological polar surface area (TPSA) is 92.8 Å². The molecule has 1 fully saturated rings. The Morgan fingerprint density at radius 2 is 2.21 bits per heavy atom. The molecule has 0 aliphatic carbocycles. The SMILES string of the molecule is CCOC(=O)N1CCC(NC(N)=NCc2ncc(CC)s2)CC1.I. The molecular weight excluding hydrogens is 441 g/mol. The Hall–Kier alpha value is -1.10. The Kier molecular flexibility index (Phi) is 9.34. The first kappa shape index (κ1) is 20.9. The van der Waals surface area contributed by atoms with Gasteiger partial charge in [-0.25, -0.2) is 14.8 Å². The number of nitrogens with zero attached hydrogens (tertiary/aromatic N) is 3. The second kappa shape index (κ2) is 10.7. The number of nitrogens with two attached hydrogens (primary N) is 1. The molecular formula is C15H26IN5O2S. The third-order valence-electron chi connectivity index (χ3n) is 3.71. The third-order valence-corrected chi connectivity index (χ3v) is 4.83. The van der Waals surface area contributed by atoms with Crippen LogP contribution in [0.25, 0.3) is 0 Å². The van der Waals surface area contributed by atoms with E-state index in [4.69, 9.17) is 10.5 Å². The average molecular weight is 467 g/mol. The van der Waals surface area contributed by atoms with Crippen LogP contribution in [0.1, 0.15) is 36.6 Å². The maximum Gasteiger partial charge on any atom is 0.409 e. The molecule has 1 aliphatic rings. The number of likely N-dealkylation sites (tertiary alicyclic amines) is 1. The van der Waals surface area contributed by atoms with Gasteiger partial charge < -0.3 is 20.7 Å². The van der Waals surface area contributed by atoms with Crippen molar-refractivity contribution in [2.45, 2.75) is 45.7 Å². The maximum atomic E-state index is 11.6. The molecule has 2 rings (SSSR count). The number of nitrogens with one attached hydrogen (secondary N) is 1. The van der Waals surface area contributed by atoms with Crippen LogP contribution < -0.4 is 11.1 Å². The minimum atomic E-state index is -0.233. The standard InChI is InChI=1S/C15H25N5O2S.HI/c1-3-12-9-17-13(23-12)10-18-14(16)19-11-5-7-20(8-6-11)15(21)22-4-2;/h9,11H,3-8,10H2,1-2H3,(H3,16,18,19);1H. The van der Waals surface area contributed by atoms with Gasteiger partial charge >= 0.3 is 6.09 Å². The first-order valence-corrected chi connectivity index (χ1v) is 8.85. The van der Waals surface area contributed by atoms with Gasteiger partial charge in [0.15, 0.2) is 5.96 Å². The van der Waals surface area contributed by atoms with E-state index in [0.29, 0.717) is 32.2 Å². The number of carbonyl (C=O) groups excluding carboxylic acids is 1. The van der Waals surface area contributed by atoms with Crippen molar-refractivity contribution < 1.29 is 9.53 Å². The van der Waals surface area contributed by atoms with E-state index >= 15 is 0 Å².